The van der Waals surface area contributed by atoms with E-state index in [0.29, 0.717) is 0 Å². The Bertz CT molecular complexity index is 606. The van der Waals surface area contributed by atoms with E-state index in [2.05, 4.69) is 35.2 Å². The Morgan fingerprint density at radius 1 is 1.00 bits per heavy atom. The summed E-state index contributed by atoms with van der Waals surface area (Å²) in [6.45, 7) is 4.32. The van der Waals surface area contributed by atoms with Gasteiger partial charge in [-0.2, -0.15) is 0 Å². The summed E-state index contributed by atoms with van der Waals surface area (Å²) in [7, 11) is 0. The van der Waals surface area contributed by atoms with Gasteiger partial charge in [0.15, 0.2) is 0 Å². The third kappa shape index (κ3) is 5.27. The highest BCUT2D eigenvalue weighted by Gasteiger charge is 2.18. The molecular formula is C21H28N2O. The molecule has 3 rings (SSSR count). The summed E-state index contributed by atoms with van der Waals surface area (Å²) in [6, 6.07) is 18.5. The zero-order valence-corrected chi connectivity index (χ0v) is 14.4. The van der Waals surface area contributed by atoms with Gasteiger partial charge < -0.3 is 15.4 Å². The molecule has 0 spiro atoms. The normalized spacial score (nSPS) is 16.2. The molecule has 1 heterocycles. The number of hydrogen-bond donors (Lipinski definition) is 1. The monoisotopic (exact) mass is 324 g/mol. The molecule has 0 aliphatic carbocycles. The fourth-order valence-electron chi connectivity index (χ4n) is 3.44. The lowest BCUT2D eigenvalue weighted by molar-refractivity contribution is 0.170. The summed E-state index contributed by atoms with van der Waals surface area (Å²) in [6.07, 6.45) is 4.92. The number of likely N-dealkylation sites (tertiary alicyclic amines) is 1. The Morgan fingerprint density at radius 3 is 2.54 bits per heavy atom. The van der Waals surface area contributed by atoms with Crippen molar-refractivity contribution < 1.29 is 4.74 Å². The second kappa shape index (κ2) is 8.74. The summed E-state index contributed by atoms with van der Waals surface area (Å²) in [5.41, 5.74) is 8.00. The first-order valence-electron chi connectivity index (χ1n) is 9.04. The number of nitrogens with zero attached hydrogens (tertiary/aromatic N) is 1. The fourth-order valence-corrected chi connectivity index (χ4v) is 3.44. The predicted molar refractivity (Wildman–Crippen MR) is 100 cm³/mol. The highest BCUT2D eigenvalue weighted by Crippen LogP contribution is 2.22. The molecule has 128 valence electrons. The van der Waals surface area contributed by atoms with Crippen LogP contribution in [0.2, 0.25) is 0 Å². The van der Waals surface area contributed by atoms with Crippen molar-refractivity contribution in [2.24, 2.45) is 5.92 Å². The first kappa shape index (κ1) is 16.8. The van der Waals surface area contributed by atoms with Crippen molar-refractivity contribution in [3.63, 3.8) is 0 Å². The molecule has 1 fully saturated rings. The molecule has 1 saturated heterocycles. The fraction of sp³-hybridized carbons (Fsp3) is 0.429. The Balaban J connectivity index is 1.31. The van der Waals surface area contributed by atoms with E-state index in [9.17, 15) is 0 Å². The number of benzene rings is 2. The van der Waals surface area contributed by atoms with E-state index in [1.54, 1.807) is 0 Å². The number of piperidine rings is 1. The Morgan fingerprint density at radius 2 is 1.79 bits per heavy atom. The summed E-state index contributed by atoms with van der Waals surface area (Å²) in [5, 5.41) is 0. The third-order valence-corrected chi connectivity index (χ3v) is 4.82. The Labute approximate surface area is 145 Å². The molecule has 3 heteroatoms. The molecule has 1 aliphatic rings. The van der Waals surface area contributed by atoms with E-state index in [1.165, 1.54) is 37.9 Å². The molecule has 2 N–H and O–H groups in total. The summed E-state index contributed by atoms with van der Waals surface area (Å²) in [5.74, 6) is 1.71. The molecule has 2 aromatic rings. The van der Waals surface area contributed by atoms with Gasteiger partial charge in [-0.05, 0) is 62.4 Å². The minimum atomic E-state index is 0.757. The second-order valence-corrected chi connectivity index (χ2v) is 6.75. The number of nitrogen functional groups attached to an aromatic ring is 1. The lowest BCUT2D eigenvalue weighted by Gasteiger charge is -2.32. The van der Waals surface area contributed by atoms with Gasteiger partial charge in [-0.3, -0.25) is 0 Å². The van der Waals surface area contributed by atoms with Crippen molar-refractivity contribution in [1.82, 2.24) is 4.90 Å². The summed E-state index contributed by atoms with van der Waals surface area (Å²) in [4.78, 5) is 2.57. The van der Waals surface area contributed by atoms with E-state index in [-0.39, 0.29) is 0 Å². The van der Waals surface area contributed by atoms with Crippen LogP contribution >= 0.6 is 0 Å². The third-order valence-electron chi connectivity index (χ3n) is 4.82. The number of hydrogen-bond acceptors (Lipinski definition) is 3. The molecule has 2 aromatic carbocycles. The van der Waals surface area contributed by atoms with Crippen LogP contribution in [0.1, 0.15) is 24.8 Å². The van der Waals surface area contributed by atoms with Crippen LogP contribution in [0.3, 0.4) is 0 Å². The lowest BCUT2D eigenvalue weighted by Crippen LogP contribution is -2.35. The molecule has 1 aliphatic heterocycles. The molecule has 0 atom stereocenters. The largest absolute Gasteiger partial charge is 0.493 e. The smallest absolute Gasteiger partial charge is 0.121 e. The maximum absolute atomic E-state index is 5.77. The van der Waals surface area contributed by atoms with Crippen molar-refractivity contribution in [2.75, 3.05) is 32.0 Å². The molecule has 0 amide bonds. The Hall–Kier alpha value is -2.00. The van der Waals surface area contributed by atoms with E-state index in [4.69, 9.17) is 10.5 Å². The van der Waals surface area contributed by atoms with E-state index in [0.717, 1.165) is 36.9 Å². The van der Waals surface area contributed by atoms with Crippen LogP contribution in [-0.2, 0) is 6.42 Å². The molecule has 0 aromatic heterocycles. The van der Waals surface area contributed by atoms with Crippen molar-refractivity contribution in [1.29, 1.82) is 0 Å². The van der Waals surface area contributed by atoms with Crippen LogP contribution in [0.15, 0.2) is 54.6 Å². The van der Waals surface area contributed by atoms with Gasteiger partial charge in [-0.25, -0.2) is 0 Å². The van der Waals surface area contributed by atoms with Gasteiger partial charge in [0, 0.05) is 18.3 Å². The van der Waals surface area contributed by atoms with Crippen molar-refractivity contribution >= 4 is 5.69 Å². The molecule has 0 bridgehead atoms. The maximum atomic E-state index is 5.77. The van der Waals surface area contributed by atoms with E-state index >= 15 is 0 Å². The van der Waals surface area contributed by atoms with Crippen LogP contribution in [0.5, 0.6) is 5.75 Å². The van der Waals surface area contributed by atoms with Gasteiger partial charge in [-0.15, -0.1) is 0 Å². The zero-order valence-electron chi connectivity index (χ0n) is 14.4. The summed E-state index contributed by atoms with van der Waals surface area (Å²) < 4.78 is 5.77. The van der Waals surface area contributed by atoms with Crippen molar-refractivity contribution in [3.8, 4) is 5.75 Å². The van der Waals surface area contributed by atoms with Crippen molar-refractivity contribution in [3.05, 3.63) is 60.2 Å². The average Bonchev–Trinajstić information content (AvgIpc) is 2.61. The van der Waals surface area contributed by atoms with Gasteiger partial charge >= 0.3 is 0 Å². The molecule has 0 unspecified atom stereocenters. The van der Waals surface area contributed by atoms with Crippen LogP contribution in [0.25, 0.3) is 0 Å². The molecular weight excluding hydrogens is 296 g/mol. The lowest BCUT2D eigenvalue weighted by atomic mass is 9.90. The summed E-state index contributed by atoms with van der Waals surface area (Å²) >= 11 is 0. The quantitative estimate of drug-likeness (QED) is 0.618. The van der Waals surface area contributed by atoms with Crippen LogP contribution in [0.4, 0.5) is 5.69 Å². The average molecular weight is 324 g/mol. The number of nitrogens with two attached hydrogens (primary N) is 1. The standard InChI is InChI=1S/C21H28N2O/c22-20-8-4-9-21(17-20)24-15-5-12-23-13-10-19(11-14-23)16-18-6-2-1-3-7-18/h1-4,6-9,17,19H,5,10-16,22H2. The Kier molecular flexibility index (Phi) is 6.13. The van der Waals surface area contributed by atoms with Crippen LogP contribution < -0.4 is 10.5 Å². The molecule has 0 radical (unpaired) electrons. The van der Waals surface area contributed by atoms with E-state index in [1.807, 2.05) is 24.3 Å². The molecule has 3 nitrogen and oxygen atoms in total. The van der Waals surface area contributed by atoms with Crippen LogP contribution in [-0.4, -0.2) is 31.1 Å². The first-order valence-corrected chi connectivity index (χ1v) is 9.04. The van der Waals surface area contributed by atoms with Gasteiger partial charge in [-0.1, -0.05) is 36.4 Å². The molecule has 0 saturated carbocycles. The van der Waals surface area contributed by atoms with Gasteiger partial charge in [0.25, 0.3) is 0 Å². The van der Waals surface area contributed by atoms with Gasteiger partial charge in [0.2, 0.25) is 0 Å². The van der Waals surface area contributed by atoms with E-state index < -0.39 is 0 Å². The number of anilines is 1. The van der Waals surface area contributed by atoms with Crippen molar-refractivity contribution in [2.45, 2.75) is 25.7 Å². The highest BCUT2D eigenvalue weighted by atomic mass is 16.5. The minimum Gasteiger partial charge on any atom is -0.493 e. The maximum Gasteiger partial charge on any atom is 0.121 e. The molecule has 24 heavy (non-hydrogen) atoms. The zero-order chi connectivity index (χ0) is 16.6. The predicted octanol–water partition coefficient (Wildman–Crippen LogP) is 3.99. The minimum absolute atomic E-state index is 0.757. The number of ether oxygens (including phenoxy) is 1. The SMILES string of the molecule is Nc1cccc(OCCCN2CCC(Cc3ccccc3)CC2)c1. The first-order chi connectivity index (χ1) is 11.8. The highest BCUT2D eigenvalue weighted by molar-refractivity contribution is 5.43. The topological polar surface area (TPSA) is 38.5 Å². The van der Waals surface area contributed by atoms with Gasteiger partial charge in [0.05, 0.1) is 6.61 Å². The van der Waals surface area contributed by atoms with Crippen LogP contribution in [0, 0.1) is 5.92 Å². The number of rotatable bonds is 7. The second-order valence-electron chi connectivity index (χ2n) is 6.75. The van der Waals surface area contributed by atoms with Gasteiger partial charge in [0.1, 0.15) is 5.75 Å².